The summed E-state index contributed by atoms with van der Waals surface area (Å²) >= 11 is 7.41. The number of benzene rings is 1. The lowest BCUT2D eigenvalue weighted by Crippen LogP contribution is -1.99. The van der Waals surface area contributed by atoms with Crippen molar-refractivity contribution in [1.29, 1.82) is 0 Å². The number of pyridine rings is 1. The van der Waals surface area contributed by atoms with Crippen LogP contribution in [0.3, 0.4) is 0 Å². The van der Waals surface area contributed by atoms with E-state index in [2.05, 4.69) is 81.0 Å². The topological polar surface area (TPSA) is 12.9 Å². The van der Waals surface area contributed by atoms with E-state index in [0.29, 0.717) is 0 Å². The van der Waals surface area contributed by atoms with E-state index >= 15 is 0 Å². The Morgan fingerprint density at radius 2 is 1.94 bits per heavy atom. The highest BCUT2D eigenvalue weighted by Crippen LogP contribution is 2.33. The van der Waals surface area contributed by atoms with Gasteiger partial charge in [0.2, 0.25) is 0 Å². The Morgan fingerprint density at radius 1 is 1.17 bits per heavy atom. The van der Waals surface area contributed by atoms with Gasteiger partial charge < -0.3 is 0 Å². The molecular formula is C15H15Br2N. The van der Waals surface area contributed by atoms with Crippen LogP contribution < -0.4 is 0 Å². The summed E-state index contributed by atoms with van der Waals surface area (Å²) in [6.45, 7) is 4.16. The molecule has 0 amide bonds. The van der Waals surface area contributed by atoms with Crippen LogP contribution in [-0.2, 0) is 6.42 Å². The third-order valence-corrected chi connectivity index (χ3v) is 4.82. The van der Waals surface area contributed by atoms with Crippen molar-refractivity contribution in [2.75, 3.05) is 0 Å². The maximum absolute atomic E-state index is 4.45. The number of hydrogen-bond acceptors (Lipinski definition) is 1. The second-order valence-corrected chi connectivity index (χ2v) is 6.37. The Labute approximate surface area is 125 Å². The Morgan fingerprint density at radius 3 is 2.61 bits per heavy atom. The van der Waals surface area contributed by atoms with Gasteiger partial charge in [-0.15, -0.1) is 0 Å². The van der Waals surface area contributed by atoms with Gasteiger partial charge in [-0.2, -0.15) is 0 Å². The first-order chi connectivity index (χ1) is 8.58. The summed E-state index contributed by atoms with van der Waals surface area (Å²) in [7, 11) is 0. The lowest BCUT2D eigenvalue weighted by atomic mass is 10.1. The minimum Gasteiger partial charge on any atom is -0.261 e. The van der Waals surface area contributed by atoms with E-state index < -0.39 is 0 Å². The zero-order chi connectivity index (χ0) is 13.1. The first kappa shape index (κ1) is 13.8. The highest BCUT2D eigenvalue weighted by atomic mass is 79.9. The number of aryl methyl sites for hydroxylation is 2. The Hall–Kier alpha value is -0.670. The molecule has 1 heterocycles. The molecule has 0 radical (unpaired) electrons. The van der Waals surface area contributed by atoms with E-state index in [-0.39, 0.29) is 4.83 Å². The van der Waals surface area contributed by atoms with Crippen molar-refractivity contribution >= 4 is 31.9 Å². The molecule has 94 valence electrons. The van der Waals surface area contributed by atoms with Crippen LogP contribution in [0, 0.1) is 13.8 Å². The fourth-order valence-corrected chi connectivity index (χ4v) is 3.39. The molecule has 0 aliphatic heterocycles. The molecule has 1 atom stereocenters. The molecule has 0 aliphatic carbocycles. The van der Waals surface area contributed by atoms with Crippen molar-refractivity contribution in [2.24, 2.45) is 0 Å². The van der Waals surface area contributed by atoms with Gasteiger partial charge >= 0.3 is 0 Å². The maximum Gasteiger partial charge on any atom is 0.0461 e. The summed E-state index contributed by atoms with van der Waals surface area (Å²) < 4.78 is 1.18. The molecule has 3 heteroatoms. The van der Waals surface area contributed by atoms with Crippen molar-refractivity contribution in [3.8, 4) is 0 Å². The summed E-state index contributed by atoms with van der Waals surface area (Å²) in [6, 6.07) is 10.5. The van der Waals surface area contributed by atoms with Crippen molar-refractivity contribution < 1.29 is 0 Å². The fourth-order valence-electron chi connectivity index (χ4n) is 1.82. The molecule has 0 saturated heterocycles. The van der Waals surface area contributed by atoms with Crippen LogP contribution >= 0.6 is 31.9 Å². The van der Waals surface area contributed by atoms with Crippen molar-refractivity contribution in [2.45, 2.75) is 25.1 Å². The van der Waals surface area contributed by atoms with E-state index in [1.807, 2.05) is 6.20 Å². The number of nitrogens with zero attached hydrogens (tertiary/aromatic N) is 1. The van der Waals surface area contributed by atoms with Gasteiger partial charge in [-0.25, -0.2) is 0 Å². The zero-order valence-electron chi connectivity index (χ0n) is 10.5. The van der Waals surface area contributed by atoms with Gasteiger partial charge in [0.1, 0.15) is 0 Å². The molecule has 1 unspecified atom stereocenters. The smallest absolute Gasteiger partial charge is 0.0461 e. The van der Waals surface area contributed by atoms with Crippen LogP contribution in [-0.4, -0.2) is 4.98 Å². The number of hydrogen-bond donors (Lipinski definition) is 0. The molecule has 18 heavy (non-hydrogen) atoms. The molecule has 0 fully saturated rings. The van der Waals surface area contributed by atoms with E-state index in [0.717, 1.165) is 12.1 Å². The first-order valence-electron chi connectivity index (χ1n) is 5.88. The first-order valence-corrected chi connectivity index (χ1v) is 7.59. The third-order valence-electron chi connectivity index (χ3n) is 2.92. The van der Waals surface area contributed by atoms with E-state index in [9.17, 15) is 0 Å². The van der Waals surface area contributed by atoms with Crippen LogP contribution in [0.5, 0.6) is 0 Å². The van der Waals surface area contributed by atoms with Gasteiger partial charge in [0.05, 0.1) is 0 Å². The summed E-state index contributed by atoms with van der Waals surface area (Å²) in [4.78, 5) is 4.73. The van der Waals surface area contributed by atoms with Crippen LogP contribution in [0.25, 0.3) is 0 Å². The molecule has 2 aromatic rings. The quantitative estimate of drug-likeness (QED) is 0.683. The summed E-state index contributed by atoms with van der Waals surface area (Å²) in [5.74, 6) is 0. The van der Waals surface area contributed by atoms with Gasteiger partial charge in [-0.1, -0.05) is 56.1 Å². The lowest BCUT2D eigenvalue weighted by molar-refractivity contribution is 0.896. The van der Waals surface area contributed by atoms with Crippen molar-refractivity contribution in [1.82, 2.24) is 4.98 Å². The highest BCUT2D eigenvalue weighted by Gasteiger charge is 2.13. The molecule has 1 aromatic carbocycles. The van der Waals surface area contributed by atoms with Crippen LogP contribution in [0.4, 0.5) is 0 Å². The van der Waals surface area contributed by atoms with E-state index in [4.69, 9.17) is 0 Å². The van der Waals surface area contributed by atoms with Crippen molar-refractivity contribution in [3.63, 3.8) is 0 Å². The molecule has 0 saturated carbocycles. The van der Waals surface area contributed by atoms with Gasteiger partial charge in [0.15, 0.2) is 0 Å². The predicted octanol–water partition coefficient (Wildman–Crippen LogP) is 5.14. The largest absolute Gasteiger partial charge is 0.261 e. The number of halogens is 2. The molecule has 0 N–H and O–H groups in total. The monoisotopic (exact) mass is 367 g/mol. The van der Waals surface area contributed by atoms with Gasteiger partial charge in [-0.3, -0.25) is 4.98 Å². The number of rotatable bonds is 3. The Balaban J connectivity index is 2.19. The van der Waals surface area contributed by atoms with Gasteiger partial charge in [-0.05, 0) is 36.6 Å². The molecule has 1 aromatic heterocycles. The maximum atomic E-state index is 4.45. The standard InChI is InChI=1S/C15H15Br2N/c1-10-6-7-12(18-9-10)8-14(16)13-5-3-4-11(2)15(13)17/h3-7,9,14H,8H2,1-2H3. The normalized spacial score (nSPS) is 12.4. The van der Waals surface area contributed by atoms with Gasteiger partial charge in [0, 0.05) is 27.6 Å². The Bertz CT molecular complexity index is 535. The summed E-state index contributed by atoms with van der Waals surface area (Å²) in [6.07, 6.45) is 2.81. The predicted molar refractivity (Wildman–Crippen MR) is 83.2 cm³/mol. The average molecular weight is 369 g/mol. The average Bonchev–Trinajstić information content (AvgIpc) is 2.35. The second kappa shape index (κ2) is 5.98. The second-order valence-electron chi connectivity index (χ2n) is 4.48. The minimum atomic E-state index is 0.280. The fraction of sp³-hybridized carbons (Fsp3) is 0.267. The summed E-state index contributed by atoms with van der Waals surface area (Å²) in [5, 5.41) is 0. The van der Waals surface area contributed by atoms with Crippen LogP contribution in [0.2, 0.25) is 0 Å². The van der Waals surface area contributed by atoms with Gasteiger partial charge in [0.25, 0.3) is 0 Å². The third kappa shape index (κ3) is 3.21. The SMILES string of the molecule is Cc1ccc(CC(Br)c2cccc(C)c2Br)nc1. The molecule has 0 spiro atoms. The number of aromatic nitrogens is 1. The summed E-state index contributed by atoms with van der Waals surface area (Å²) in [5.41, 5.74) is 4.84. The minimum absolute atomic E-state index is 0.280. The highest BCUT2D eigenvalue weighted by molar-refractivity contribution is 9.11. The van der Waals surface area contributed by atoms with Crippen LogP contribution in [0.15, 0.2) is 41.0 Å². The number of alkyl halides is 1. The molecule has 2 rings (SSSR count). The Kier molecular flexibility index (Phi) is 4.57. The zero-order valence-corrected chi connectivity index (χ0v) is 13.6. The molecule has 0 bridgehead atoms. The van der Waals surface area contributed by atoms with Crippen molar-refractivity contribution in [3.05, 3.63) is 63.4 Å². The molecule has 1 nitrogen and oxygen atoms in total. The molecular weight excluding hydrogens is 354 g/mol. The van der Waals surface area contributed by atoms with Crippen LogP contribution in [0.1, 0.15) is 27.2 Å². The van der Waals surface area contributed by atoms with E-state index in [1.54, 1.807) is 0 Å². The lowest BCUT2D eigenvalue weighted by Gasteiger charge is -2.13. The molecule has 0 aliphatic rings. The van der Waals surface area contributed by atoms with E-state index in [1.165, 1.54) is 21.2 Å².